The standard InChI is InChI=1S/C19H22N4O2/c1-4-21-19(22-13-15-7-5-6-14(10-15)12-20)23-16-8-9-17(24-2)18(11-16)25-3/h5-11H,4,13H2,1-3H3,(H2,21,22,23). The summed E-state index contributed by atoms with van der Waals surface area (Å²) in [7, 11) is 3.20. The van der Waals surface area contributed by atoms with Crippen LogP contribution in [0.25, 0.3) is 0 Å². The molecule has 0 radical (unpaired) electrons. The van der Waals surface area contributed by atoms with Gasteiger partial charge in [-0.2, -0.15) is 5.26 Å². The van der Waals surface area contributed by atoms with E-state index in [1.807, 2.05) is 43.3 Å². The smallest absolute Gasteiger partial charge is 0.196 e. The fourth-order valence-electron chi connectivity index (χ4n) is 2.27. The molecule has 0 spiro atoms. The molecule has 0 heterocycles. The van der Waals surface area contributed by atoms with Crippen LogP contribution < -0.4 is 20.1 Å². The van der Waals surface area contributed by atoms with Crippen molar-refractivity contribution in [2.45, 2.75) is 13.5 Å². The summed E-state index contributed by atoms with van der Waals surface area (Å²) in [6, 6.07) is 15.1. The normalized spacial score (nSPS) is 10.7. The van der Waals surface area contributed by atoms with E-state index in [0.717, 1.165) is 17.8 Å². The molecular weight excluding hydrogens is 316 g/mol. The topological polar surface area (TPSA) is 78.7 Å². The van der Waals surface area contributed by atoms with Gasteiger partial charge in [-0.25, -0.2) is 4.99 Å². The fourth-order valence-corrected chi connectivity index (χ4v) is 2.27. The highest BCUT2D eigenvalue weighted by atomic mass is 16.5. The number of methoxy groups -OCH3 is 2. The van der Waals surface area contributed by atoms with Crippen LogP contribution in [0.1, 0.15) is 18.1 Å². The van der Waals surface area contributed by atoms with E-state index in [4.69, 9.17) is 14.7 Å². The Kier molecular flexibility index (Phi) is 6.66. The predicted octanol–water partition coefficient (Wildman–Crippen LogP) is 3.15. The van der Waals surface area contributed by atoms with Crippen molar-refractivity contribution in [3.8, 4) is 17.6 Å². The summed E-state index contributed by atoms with van der Waals surface area (Å²) in [4.78, 5) is 4.57. The second-order valence-corrected chi connectivity index (χ2v) is 5.20. The number of nitriles is 1. The third-order valence-corrected chi connectivity index (χ3v) is 3.47. The van der Waals surface area contributed by atoms with Crippen molar-refractivity contribution < 1.29 is 9.47 Å². The Balaban J connectivity index is 2.16. The number of ether oxygens (including phenoxy) is 2. The van der Waals surface area contributed by atoms with Crippen molar-refractivity contribution >= 4 is 11.6 Å². The average Bonchev–Trinajstić information content (AvgIpc) is 2.66. The molecule has 0 fully saturated rings. The molecule has 0 aliphatic rings. The van der Waals surface area contributed by atoms with E-state index >= 15 is 0 Å². The summed E-state index contributed by atoms with van der Waals surface area (Å²) < 4.78 is 10.6. The van der Waals surface area contributed by atoms with Crippen LogP contribution >= 0.6 is 0 Å². The van der Waals surface area contributed by atoms with Gasteiger partial charge in [-0.3, -0.25) is 0 Å². The zero-order valence-corrected chi connectivity index (χ0v) is 14.7. The number of hydrogen-bond donors (Lipinski definition) is 2. The Hall–Kier alpha value is -3.20. The number of nitrogens with zero attached hydrogens (tertiary/aromatic N) is 2. The van der Waals surface area contributed by atoms with Crippen LogP contribution in [-0.2, 0) is 6.54 Å². The Bertz CT molecular complexity index is 781. The molecule has 0 aliphatic heterocycles. The van der Waals surface area contributed by atoms with Gasteiger partial charge in [-0.05, 0) is 36.8 Å². The predicted molar refractivity (Wildman–Crippen MR) is 99.1 cm³/mol. The van der Waals surface area contributed by atoms with Gasteiger partial charge >= 0.3 is 0 Å². The molecule has 0 aliphatic carbocycles. The van der Waals surface area contributed by atoms with Gasteiger partial charge in [-0.15, -0.1) is 0 Å². The minimum Gasteiger partial charge on any atom is -0.493 e. The van der Waals surface area contributed by atoms with Crippen molar-refractivity contribution in [1.82, 2.24) is 5.32 Å². The lowest BCUT2D eigenvalue weighted by Gasteiger charge is -2.14. The molecule has 2 aromatic rings. The molecule has 0 atom stereocenters. The average molecular weight is 338 g/mol. The first-order valence-corrected chi connectivity index (χ1v) is 7.96. The molecule has 0 bridgehead atoms. The van der Waals surface area contributed by atoms with Crippen LogP contribution in [0.2, 0.25) is 0 Å². The van der Waals surface area contributed by atoms with Crippen molar-refractivity contribution in [2.24, 2.45) is 4.99 Å². The summed E-state index contributed by atoms with van der Waals surface area (Å²) in [6.45, 7) is 3.21. The molecular formula is C19H22N4O2. The maximum atomic E-state index is 8.98. The van der Waals surface area contributed by atoms with Gasteiger partial charge in [0.05, 0.1) is 32.4 Å². The minimum atomic E-state index is 0.470. The van der Waals surface area contributed by atoms with Crippen LogP contribution in [0.3, 0.4) is 0 Å². The van der Waals surface area contributed by atoms with E-state index in [1.165, 1.54) is 0 Å². The van der Waals surface area contributed by atoms with E-state index in [1.54, 1.807) is 20.3 Å². The van der Waals surface area contributed by atoms with Crippen LogP contribution in [0, 0.1) is 11.3 Å². The molecule has 0 aromatic heterocycles. The molecule has 2 rings (SSSR count). The third kappa shape index (κ3) is 5.15. The molecule has 6 heteroatoms. The zero-order chi connectivity index (χ0) is 18.1. The number of anilines is 1. The quantitative estimate of drug-likeness (QED) is 0.625. The zero-order valence-electron chi connectivity index (χ0n) is 14.7. The van der Waals surface area contributed by atoms with Gasteiger partial charge in [0, 0.05) is 18.3 Å². The van der Waals surface area contributed by atoms with Gasteiger partial charge in [0.1, 0.15) is 0 Å². The maximum Gasteiger partial charge on any atom is 0.196 e. The maximum absolute atomic E-state index is 8.98. The lowest BCUT2D eigenvalue weighted by Crippen LogP contribution is -2.30. The monoisotopic (exact) mass is 338 g/mol. The van der Waals surface area contributed by atoms with Crippen molar-refractivity contribution in [3.63, 3.8) is 0 Å². The third-order valence-electron chi connectivity index (χ3n) is 3.47. The number of benzene rings is 2. The van der Waals surface area contributed by atoms with Crippen LogP contribution in [0.15, 0.2) is 47.5 Å². The van der Waals surface area contributed by atoms with E-state index in [9.17, 15) is 0 Å². The SMILES string of the molecule is CCNC(=NCc1cccc(C#N)c1)Nc1ccc(OC)c(OC)c1. The highest BCUT2D eigenvalue weighted by molar-refractivity contribution is 5.93. The lowest BCUT2D eigenvalue weighted by molar-refractivity contribution is 0.355. The Morgan fingerprint density at radius 2 is 1.92 bits per heavy atom. The molecule has 2 N–H and O–H groups in total. The molecule has 0 unspecified atom stereocenters. The first-order valence-electron chi connectivity index (χ1n) is 7.96. The van der Waals surface area contributed by atoms with Crippen LogP contribution in [-0.4, -0.2) is 26.7 Å². The molecule has 2 aromatic carbocycles. The fraction of sp³-hybridized carbons (Fsp3) is 0.263. The largest absolute Gasteiger partial charge is 0.493 e. The summed E-state index contributed by atoms with van der Waals surface area (Å²) in [6.07, 6.45) is 0. The summed E-state index contributed by atoms with van der Waals surface area (Å²) in [5.41, 5.74) is 2.44. The number of nitrogens with one attached hydrogen (secondary N) is 2. The second kappa shape index (κ2) is 9.18. The summed E-state index contributed by atoms with van der Waals surface area (Å²) in [5, 5.41) is 15.4. The molecule has 0 saturated carbocycles. The Morgan fingerprint density at radius 3 is 2.60 bits per heavy atom. The van der Waals surface area contributed by atoms with Crippen molar-refractivity contribution in [3.05, 3.63) is 53.6 Å². The molecule has 25 heavy (non-hydrogen) atoms. The van der Waals surface area contributed by atoms with Gasteiger partial charge in [0.15, 0.2) is 17.5 Å². The molecule has 0 amide bonds. The van der Waals surface area contributed by atoms with E-state index in [2.05, 4.69) is 21.7 Å². The van der Waals surface area contributed by atoms with Gasteiger partial charge in [0.25, 0.3) is 0 Å². The Morgan fingerprint density at radius 1 is 1.12 bits per heavy atom. The van der Waals surface area contributed by atoms with E-state index < -0.39 is 0 Å². The lowest BCUT2D eigenvalue weighted by atomic mass is 10.1. The Labute approximate surface area is 148 Å². The highest BCUT2D eigenvalue weighted by Gasteiger charge is 2.06. The highest BCUT2D eigenvalue weighted by Crippen LogP contribution is 2.29. The number of rotatable bonds is 6. The number of aliphatic imine (C=N–C) groups is 1. The number of guanidine groups is 1. The number of hydrogen-bond acceptors (Lipinski definition) is 4. The van der Waals surface area contributed by atoms with Crippen molar-refractivity contribution in [2.75, 3.05) is 26.1 Å². The van der Waals surface area contributed by atoms with Gasteiger partial charge in [-0.1, -0.05) is 12.1 Å². The summed E-state index contributed by atoms with van der Waals surface area (Å²) >= 11 is 0. The molecule has 130 valence electrons. The first kappa shape index (κ1) is 18.1. The van der Waals surface area contributed by atoms with Gasteiger partial charge in [0.2, 0.25) is 0 Å². The minimum absolute atomic E-state index is 0.470. The van der Waals surface area contributed by atoms with Crippen molar-refractivity contribution in [1.29, 1.82) is 5.26 Å². The van der Waals surface area contributed by atoms with Crippen LogP contribution in [0.5, 0.6) is 11.5 Å². The molecule has 6 nitrogen and oxygen atoms in total. The molecule has 0 saturated heterocycles. The van der Waals surface area contributed by atoms with E-state index in [-0.39, 0.29) is 0 Å². The van der Waals surface area contributed by atoms with Gasteiger partial charge < -0.3 is 20.1 Å². The summed E-state index contributed by atoms with van der Waals surface area (Å²) in [5.74, 6) is 1.96. The first-order chi connectivity index (χ1) is 12.2. The van der Waals surface area contributed by atoms with Crippen LogP contribution in [0.4, 0.5) is 5.69 Å². The van der Waals surface area contributed by atoms with E-state index in [0.29, 0.717) is 29.6 Å². The second-order valence-electron chi connectivity index (χ2n) is 5.20.